The largest absolute Gasteiger partial charge is 0.480 e. The van der Waals surface area contributed by atoms with E-state index in [1.807, 2.05) is 51.1 Å². The van der Waals surface area contributed by atoms with Crippen LogP contribution in [-0.4, -0.2) is 28.2 Å². The molecule has 0 saturated carbocycles. The average Bonchev–Trinajstić information content (AvgIpc) is 2.98. The first kappa shape index (κ1) is 17.7. The third-order valence-electron chi connectivity index (χ3n) is 3.67. The number of aliphatic carboxylic acids is 1. The van der Waals surface area contributed by atoms with Crippen LogP contribution in [0.4, 0.5) is 0 Å². The zero-order chi connectivity index (χ0) is 17.7. The molecule has 1 aromatic heterocycles. The van der Waals surface area contributed by atoms with Gasteiger partial charge in [-0.25, -0.2) is 4.79 Å². The second kappa shape index (κ2) is 7.77. The highest BCUT2D eigenvalue weighted by molar-refractivity contribution is 6.02. The Morgan fingerprint density at radius 2 is 1.92 bits per heavy atom. The van der Waals surface area contributed by atoms with Gasteiger partial charge in [0.15, 0.2) is 0 Å². The predicted molar refractivity (Wildman–Crippen MR) is 89.7 cm³/mol. The molecule has 6 heteroatoms. The lowest BCUT2D eigenvalue weighted by molar-refractivity contribution is -0.139. The van der Waals surface area contributed by atoms with Gasteiger partial charge in [0.05, 0.1) is 0 Å². The van der Waals surface area contributed by atoms with Gasteiger partial charge in [0.2, 0.25) is 0 Å². The lowest BCUT2D eigenvalue weighted by Gasteiger charge is -2.16. The van der Waals surface area contributed by atoms with Crippen LogP contribution in [0, 0.1) is 5.92 Å². The zero-order valence-corrected chi connectivity index (χ0v) is 14.1. The highest BCUT2D eigenvalue weighted by atomic mass is 16.5. The van der Waals surface area contributed by atoms with Gasteiger partial charge in [0.1, 0.15) is 23.1 Å². The van der Waals surface area contributed by atoms with Crippen molar-refractivity contribution in [2.45, 2.75) is 39.7 Å². The fourth-order valence-corrected chi connectivity index (χ4v) is 2.52. The SMILES string of the molecule is CCc1onc(-c2ccccc2)c1C(=O)N[C@H](CC(C)C)C(=O)O. The van der Waals surface area contributed by atoms with E-state index < -0.39 is 17.9 Å². The van der Waals surface area contributed by atoms with Crippen molar-refractivity contribution in [1.82, 2.24) is 10.5 Å². The van der Waals surface area contributed by atoms with Gasteiger partial charge >= 0.3 is 5.97 Å². The quantitative estimate of drug-likeness (QED) is 0.813. The van der Waals surface area contributed by atoms with Crippen LogP contribution < -0.4 is 5.32 Å². The molecule has 2 aromatic rings. The summed E-state index contributed by atoms with van der Waals surface area (Å²) in [5.41, 5.74) is 1.49. The Bertz CT molecular complexity index is 707. The molecule has 0 aliphatic rings. The Hall–Kier alpha value is -2.63. The molecule has 2 rings (SSSR count). The molecular formula is C18H22N2O4. The number of carbonyl (C=O) groups is 2. The summed E-state index contributed by atoms with van der Waals surface area (Å²) in [7, 11) is 0. The van der Waals surface area contributed by atoms with Crippen molar-refractivity contribution in [2.24, 2.45) is 5.92 Å². The second-order valence-corrected chi connectivity index (χ2v) is 6.04. The Kier molecular flexibility index (Phi) is 5.73. The summed E-state index contributed by atoms with van der Waals surface area (Å²) in [6.07, 6.45) is 0.846. The molecule has 0 aliphatic heterocycles. The van der Waals surface area contributed by atoms with E-state index in [-0.39, 0.29) is 5.92 Å². The second-order valence-electron chi connectivity index (χ2n) is 6.04. The van der Waals surface area contributed by atoms with E-state index in [4.69, 9.17) is 4.52 Å². The number of nitrogens with one attached hydrogen (secondary N) is 1. The van der Waals surface area contributed by atoms with E-state index >= 15 is 0 Å². The standard InChI is InChI=1S/C18H22N2O4/c1-4-14-15(16(20-24-14)12-8-6-5-7-9-12)17(21)19-13(18(22)23)10-11(2)3/h5-9,11,13H,4,10H2,1-3H3,(H,19,21)(H,22,23)/t13-/m1/s1. The summed E-state index contributed by atoms with van der Waals surface area (Å²) in [6.45, 7) is 5.68. The summed E-state index contributed by atoms with van der Waals surface area (Å²) in [4.78, 5) is 24.1. The van der Waals surface area contributed by atoms with Crippen LogP contribution in [0.3, 0.4) is 0 Å². The number of carbonyl (C=O) groups excluding carboxylic acids is 1. The normalized spacial score (nSPS) is 12.2. The molecule has 0 bridgehead atoms. The minimum atomic E-state index is -1.05. The van der Waals surface area contributed by atoms with Gasteiger partial charge in [-0.2, -0.15) is 0 Å². The molecule has 0 fully saturated rings. The van der Waals surface area contributed by atoms with Crippen molar-refractivity contribution in [2.75, 3.05) is 0 Å². The Labute approximate surface area is 140 Å². The van der Waals surface area contributed by atoms with E-state index in [0.717, 1.165) is 5.56 Å². The van der Waals surface area contributed by atoms with Crippen LogP contribution in [0.15, 0.2) is 34.9 Å². The first-order valence-corrected chi connectivity index (χ1v) is 8.01. The van der Waals surface area contributed by atoms with Crippen LogP contribution in [0.25, 0.3) is 11.3 Å². The number of rotatable bonds is 7. The zero-order valence-electron chi connectivity index (χ0n) is 14.1. The van der Waals surface area contributed by atoms with E-state index in [2.05, 4.69) is 10.5 Å². The maximum atomic E-state index is 12.7. The molecule has 1 atom stereocenters. The Morgan fingerprint density at radius 3 is 2.46 bits per heavy atom. The van der Waals surface area contributed by atoms with Crippen molar-refractivity contribution in [3.05, 3.63) is 41.7 Å². The van der Waals surface area contributed by atoms with Crippen molar-refractivity contribution >= 4 is 11.9 Å². The molecule has 6 nitrogen and oxygen atoms in total. The molecular weight excluding hydrogens is 308 g/mol. The van der Waals surface area contributed by atoms with Crippen molar-refractivity contribution in [1.29, 1.82) is 0 Å². The van der Waals surface area contributed by atoms with Gasteiger partial charge in [0, 0.05) is 12.0 Å². The molecule has 0 spiro atoms. The summed E-state index contributed by atoms with van der Waals surface area (Å²) < 4.78 is 5.29. The Morgan fingerprint density at radius 1 is 1.25 bits per heavy atom. The number of amides is 1. The van der Waals surface area contributed by atoms with Crippen LogP contribution in [-0.2, 0) is 11.2 Å². The molecule has 0 radical (unpaired) electrons. The molecule has 128 valence electrons. The summed E-state index contributed by atoms with van der Waals surface area (Å²) in [5, 5.41) is 15.9. The van der Waals surface area contributed by atoms with Crippen molar-refractivity contribution in [3.63, 3.8) is 0 Å². The van der Waals surface area contributed by atoms with Crippen molar-refractivity contribution in [3.8, 4) is 11.3 Å². The van der Waals surface area contributed by atoms with E-state index in [1.165, 1.54) is 0 Å². The number of carboxylic acid groups (broad SMARTS) is 1. The maximum absolute atomic E-state index is 12.7. The summed E-state index contributed by atoms with van der Waals surface area (Å²) >= 11 is 0. The smallest absolute Gasteiger partial charge is 0.326 e. The molecule has 0 aliphatic carbocycles. The number of carboxylic acids is 1. The molecule has 1 aromatic carbocycles. The van der Waals surface area contributed by atoms with Gasteiger partial charge < -0.3 is 14.9 Å². The minimum Gasteiger partial charge on any atom is -0.480 e. The van der Waals surface area contributed by atoms with E-state index in [9.17, 15) is 14.7 Å². The number of hydrogen-bond acceptors (Lipinski definition) is 4. The maximum Gasteiger partial charge on any atom is 0.326 e. The highest BCUT2D eigenvalue weighted by Gasteiger charge is 2.27. The molecule has 2 N–H and O–H groups in total. The number of nitrogens with zero attached hydrogens (tertiary/aromatic N) is 1. The molecule has 0 unspecified atom stereocenters. The van der Waals surface area contributed by atoms with Crippen LogP contribution in [0.5, 0.6) is 0 Å². The number of hydrogen-bond donors (Lipinski definition) is 2. The number of aryl methyl sites for hydroxylation is 1. The van der Waals surface area contributed by atoms with Crippen LogP contribution >= 0.6 is 0 Å². The molecule has 24 heavy (non-hydrogen) atoms. The number of aromatic nitrogens is 1. The minimum absolute atomic E-state index is 0.146. The average molecular weight is 330 g/mol. The molecule has 1 heterocycles. The van der Waals surface area contributed by atoms with Gasteiger partial charge in [-0.15, -0.1) is 0 Å². The van der Waals surface area contributed by atoms with Gasteiger partial charge in [-0.05, 0) is 12.3 Å². The fraction of sp³-hybridized carbons (Fsp3) is 0.389. The van der Waals surface area contributed by atoms with Gasteiger partial charge in [0.25, 0.3) is 5.91 Å². The van der Waals surface area contributed by atoms with Crippen LogP contribution in [0.1, 0.15) is 43.3 Å². The summed E-state index contributed by atoms with van der Waals surface area (Å²) in [6, 6.07) is 8.27. The lowest BCUT2D eigenvalue weighted by Crippen LogP contribution is -2.42. The Balaban J connectivity index is 2.34. The van der Waals surface area contributed by atoms with Crippen LogP contribution in [0.2, 0.25) is 0 Å². The van der Waals surface area contributed by atoms with E-state index in [0.29, 0.717) is 29.9 Å². The number of benzene rings is 1. The monoisotopic (exact) mass is 330 g/mol. The fourth-order valence-electron chi connectivity index (χ4n) is 2.52. The molecule has 0 saturated heterocycles. The molecule has 1 amide bonds. The third-order valence-corrected chi connectivity index (χ3v) is 3.67. The van der Waals surface area contributed by atoms with Gasteiger partial charge in [-0.3, -0.25) is 4.79 Å². The van der Waals surface area contributed by atoms with Gasteiger partial charge in [-0.1, -0.05) is 56.3 Å². The highest BCUT2D eigenvalue weighted by Crippen LogP contribution is 2.26. The van der Waals surface area contributed by atoms with Crippen molar-refractivity contribution < 1.29 is 19.2 Å². The third kappa shape index (κ3) is 4.01. The topological polar surface area (TPSA) is 92.4 Å². The first-order valence-electron chi connectivity index (χ1n) is 8.01. The first-order chi connectivity index (χ1) is 11.4. The lowest BCUT2D eigenvalue weighted by atomic mass is 10.0. The van der Waals surface area contributed by atoms with E-state index in [1.54, 1.807) is 0 Å². The predicted octanol–water partition coefficient (Wildman–Crippen LogP) is 3.13. The summed E-state index contributed by atoms with van der Waals surface area (Å²) in [5.74, 6) is -0.930.